The van der Waals surface area contributed by atoms with E-state index < -0.39 is 6.23 Å². The zero-order valence-corrected chi connectivity index (χ0v) is 15.5. The molecule has 0 saturated heterocycles. The number of phenols is 1. The molecule has 0 radical (unpaired) electrons. The number of fused-ring (bicyclic) bond motifs is 3. The molecular weight excluding hydrogens is 360 g/mol. The van der Waals surface area contributed by atoms with Crippen LogP contribution in [0.3, 0.4) is 0 Å². The summed E-state index contributed by atoms with van der Waals surface area (Å²) in [5, 5.41) is 19.6. The highest BCUT2D eigenvalue weighted by molar-refractivity contribution is 7.12. The SMILES string of the molecule is COc1cccc(C2Oc3ccccc3C3CC(c4cccs4)=NN32)c1O. The Hall–Kier alpha value is -2.99. The summed E-state index contributed by atoms with van der Waals surface area (Å²) in [6.45, 7) is 0. The van der Waals surface area contributed by atoms with Gasteiger partial charge in [-0.1, -0.05) is 30.3 Å². The van der Waals surface area contributed by atoms with Crippen LogP contribution in [0.25, 0.3) is 0 Å². The molecule has 136 valence electrons. The Bertz CT molecular complexity index is 1020. The minimum absolute atomic E-state index is 0.0719. The normalized spacial score (nSPS) is 20.5. The molecule has 6 heteroatoms. The smallest absolute Gasteiger partial charge is 0.217 e. The van der Waals surface area contributed by atoms with E-state index in [-0.39, 0.29) is 11.8 Å². The van der Waals surface area contributed by atoms with Gasteiger partial charge in [0.25, 0.3) is 0 Å². The predicted molar refractivity (Wildman–Crippen MR) is 105 cm³/mol. The lowest BCUT2D eigenvalue weighted by Crippen LogP contribution is -2.33. The molecule has 1 N–H and O–H groups in total. The fraction of sp³-hybridized carbons (Fsp3) is 0.190. The Morgan fingerprint density at radius 2 is 1.96 bits per heavy atom. The van der Waals surface area contributed by atoms with Crippen molar-refractivity contribution in [3.05, 3.63) is 76.0 Å². The van der Waals surface area contributed by atoms with Gasteiger partial charge in [0.15, 0.2) is 11.5 Å². The van der Waals surface area contributed by atoms with E-state index in [9.17, 15) is 5.11 Å². The first-order valence-electron chi connectivity index (χ1n) is 8.77. The van der Waals surface area contributed by atoms with Crippen LogP contribution in [0.4, 0.5) is 0 Å². The van der Waals surface area contributed by atoms with Crippen molar-refractivity contribution < 1.29 is 14.6 Å². The highest BCUT2D eigenvalue weighted by Crippen LogP contribution is 2.49. The second-order valence-corrected chi connectivity index (χ2v) is 7.48. The minimum Gasteiger partial charge on any atom is -0.504 e. The number of hydrogen-bond acceptors (Lipinski definition) is 6. The molecule has 2 atom stereocenters. The molecule has 2 unspecified atom stereocenters. The van der Waals surface area contributed by atoms with Crippen molar-refractivity contribution in [1.29, 1.82) is 0 Å². The van der Waals surface area contributed by atoms with Gasteiger partial charge in [-0.3, -0.25) is 0 Å². The minimum atomic E-state index is -0.516. The van der Waals surface area contributed by atoms with Crippen LogP contribution in [0.2, 0.25) is 0 Å². The number of hydrogen-bond donors (Lipinski definition) is 1. The molecule has 0 amide bonds. The number of ether oxygens (including phenoxy) is 2. The zero-order valence-electron chi connectivity index (χ0n) is 14.7. The molecule has 27 heavy (non-hydrogen) atoms. The van der Waals surface area contributed by atoms with Crippen LogP contribution >= 0.6 is 11.3 Å². The van der Waals surface area contributed by atoms with Gasteiger partial charge >= 0.3 is 0 Å². The Balaban J connectivity index is 1.63. The fourth-order valence-corrected chi connectivity index (χ4v) is 4.46. The number of phenolic OH excluding ortho intramolecular Hbond substituents is 1. The average Bonchev–Trinajstić information content (AvgIpc) is 3.37. The Morgan fingerprint density at radius 3 is 2.78 bits per heavy atom. The van der Waals surface area contributed by atoms with Gasteiger partial charge in [0.05, 0.1) is 29.3 Å². The van der Waals surface area contributed by atoms with Gasteiger partial charge in [0, 0.05) is 12.0 Å². The summed E-state index contributed by atoms with van der Waals surface area (Å²) in [5.41, 5.74) is 2.80. The largest absolute Gasteiger partial charge is 0.504 e. The van der Waals surface area contributed by atoms with Crippen molar-refractivity contribution >= 4 is 17.0 Å². The summed E-state index contributed by atoms with van der Waals surface area (Å²) in [5.74, 6) is 1.34. The van der Waals surface area contributed by atoms with E-state index in [1.807, 2.05) is 41.4 Å². The molecule has 0 bridgehead atoms. The second-order valence-electron chi connectivity index (χ2n) is 6.53. The van der Waals surface area contributed by atoms with Gasteiger partial charge in [-0.15, -0.1) is 11.3 Å². The summed E-state index contributed by atoms with van der Waals surface area (Å²) in [6, 6.07) is 17.7. The molecule has 0 spiro atoms. The van der Waals surface area contributed by atoms with Gasteiger partial charge in [0.1, 0.15) is 5.75 Å². The van der Waals surface area contributed by atoms with Crippen LogP contribution in [0, 0.1) is 0 Å². The number of hydrazone groups is 1. The highest BCUT2D eigenvalue weighted by Gasteiger charge is 2.42. The molecule has 5 rings (SSSR count). The lowest BCUT2D eigenvalue weighted by molar-refractivity contribution is -0.0205. The van der Waals surface area contributed by atoms with Crippen molar-refractivity contribution in [3.8, 4) is 17.2 Å². The standard InChI is InChI=1S/C21H18N2O3S/c1-25-18-9-4-7-14(20(18)24)21-23-16(13-6-2-3-8-17(13)26-21)12-15(22-23)19-10-5-11-27-19/h2-11,16,21,24H,12H2,1H3. The Labute approximate surface area is 161 Å². The van der Waals surface area contributed by atoms with Crippen molar-refractivity contribution in [2.75, 3.05) is 7.11 Å². The molecule has 3 aromatic rings. The topological polar surface area (TPSA) is 54.3 Å². The van der Waals surface area contributed by atoms with Crippen LogP contribution in [0.15, 0.2) is 65.1 Å². The summed E-state index contributed by atoms with van der Waals surface area (Å²) >= 11 is 1.69. The lowest BCUT2D eigenvalue weighted by atomic mass is 9.97. The van der Waals surface area contributed by atoms with Crippen LogP contribution in [0.5, 0.6) is 17.2 Å². The van der Waals surface area contributed by atoms with E-state index in [0.717, 1.165) is 28.3 Å². The molecule has 3 heterocycles. The van der Waals surface area contributed by atoms with Crippen molar-refractivity contribution in [2.24, 2.45) is 5.10 Å². The van der Waals surface area contributed by atoms with Crippen molar-refractivity contribution in [3.63, 3.8) is 0 Å². The number of thiophene rings is 1. The number of para-hydroxylation sites is 2. The van der Waals surface area contributed by atoms with Gasteiger partial charge in [0.2, 0.25) is 6.23 Å². The maximum absolute atomic E-state index is 10.7. The van der Waals surface area contributed by atoms with Crippen LogP contribution in [0.1, 0.15) is 34.7 Å². The predicted octanol–water partition coefficient (Wildman–Crippen LogP) is 4.70. The van der Waals surface area contributed by atoms with Gasteiger partial charge in [-0.05, 0) is 29.6 Å². The first kappa shape index (κ1) is 16.2. The quantitative estimate of drug-likeness (QED) is 0.717. The van der Waals surface area contributed by atoms with Gasteiger partial charge < -0.3 is 14.6 Å². The van der Waals surface area contributed by atoms with Gasteiger partial charge in [-0.2, -0.15) is 5.10 Å². The summed E-state index contributed by atoms with van der Waals surface area (Å²) in [4.78, 5) is 1.16. The van der Waals surface area contributed by atoms with Crippen molar-refractivity contribution in [1.82, 2.24) is 5.01 Å². The van der Waals surface area contributed by atoms with E-state index in [0.29, 0.717) is 11.3 Å². The van der Waals surface area contributed by atoms with E-state index in [1.54, 1.807) is 24.5 Å². The summed E-state index contributed by atoms with van der Waals surface area (Å²) in [6.07, 6.45) is 0.291. The van der Waals surface area contributed by atoms with E-state index in [2.05, 4.69) is 17.5 Å². The number of aromatic hydroxyl groups is 1. The third-order valence-corrected chi connectivity index (χ3v) is 5.94. The second kappa shape index (κ2) is 6.32. The molecule has 2 aromatic carbocycles. The van der Waals surface area contributed by atoms with Crippen LogP contribution in [-0.4, -0.2) is 22.9 Å². The molecule has 0 fully saturated rings. The molecular formula is C21H18N2O3S. The molecule has 0 saturated carbocycles. The number of nitrogens with zero attached hydrogens (tertiary/aromatic N) is 2. The molecule has 1 aromatic heterocycles. The average molecular weight is 378 g/mol. The zero-order chi connectivity index (χ0) is 18.4. The third-order valence-electron chi connectivity index (χ3n) is 5.02. The van der Waals surface area contributed by atoms with E-state index >= 15 is 0 Å². The Kier molecular flexibility index (Phi) is 3.79. The van der Waals surface area contributed by atoms with Crippen LogP contribution < -0.4 is 9.47 Å². The van der Waals surface area contributed by atoms with Crippen LogP contribution in [-0.2, 0) is 0 Å². The summed E-state index contributed by atoms with van der Waals surface area (Å²) < 4.78 is 11.6. The molecule has 5 nitrogen and oxygen atoms in total. The maximum Gasteiger partial charge on any atom is 0.217 e. The van der Waals surface area contributed by atoms with E-state index in [1.165, 1.54) is 0 Å². The number of benzene rings is 2. The lowest BCUT2D eigenvalue weighted by Gasteiger charge is -2.38. The van der Waals surface area contributed by atoms with Crippen molar-refractivity contribution in [2.45, 2.75) is 18.7 Å². The molecule has 0 aliphatic carbocycles. The highest BCUT2D eigenvalue weighted by atomic mass is 32.1. The Morgan fingerprint density at radius 1 is 1.11 bits per heavy atom. The number of methoxy groups -OCH3 is 1. The first-order chi connectivity index (χ1) is 13.3. The van der Waals surface area contributed by atoms with E-state index in [4.69, 9.17) is 14.6 Å². The number of rotatable bonds is 3. The summed E-state index contributed by atoms with van der Waals surface area (Å²) in [7, 11) is 1.54. The molecule has 2 aliphatic heterocycles. The maximum atomic E-state index is 10.7. The monoisotopic (exact) mass is 378 g/mol. The third kappa shape index (κ3) is 2.56. The molecule has 2 aliphatic rings. The fourth-order valence-electron chi connectivity index (χ4n) is 3.73. The van der Waals surface area contributed by atoms with Gasteiger partial charge in [-0.25, -0.2) is 5.01 Å². The first-order valence-corrected chi connectivity index (χ1v) is 9.65.